The van der Waals surface area contributed by atoms with Gasteiger partial charge in [-0.05, 0) is 54.7 Å². The highest BCUT2D eigenvalue weighted by molar-refractivity contribution is 7.17. The van der Waals surface area contributed by atoms with Gasteiger partial charge in [0.15, 0.2) is 0 Å². The molecule has 1 aliphatic rings. The molecule has 1 amide bonds. The molecule has 0 saturated carbocycles. The van der Waals surface area contributed by atoms with Crippen LogP contribution >= 0.6 is 11.3 Å². The number of rotatable bonds is 6. The maximum atomic E-state index is 12.3. The summed E-state index contributed by atoms with van der Waals surface area (Å²) in [5, 5.41) is 2.91. The number of hydrogen-bond acceptors (Lipinski definition) is 4. The highest BCUT2D eigenvalue weighted by Gasteiger charge is 2.22. The summed E-state index contributed by atoms with van der Waals surface area (Å²) in [6.45, 7) is 3.70. The number of carbonyl (C=O) groups is 1. The van der Waals surface area contributed by atoms with Crippen molar-refractivity contribution in [1.82, 2.24) is 5.32 Å². The van der Waals surface area contributed by atoms with Crippen LogP contribution < -0.4 is 10.1 Å². The Hall–Kier alpha value is -1.85. The number of aryl methyl sites for hydroxylation is 2. The quantitative estimate of drug-likeness (QED) is 0.826. The van der Waals surface area contributed by atoms with Crippen LogP contribution in [0, 0.1) is 0 Å². The normalized spacial score (nSPS) is 12.4. The summed E-state index contributed by atoms with van der Waals surface area (Å²) in [5.41, 5.74) is 3.78. The maximum Gasteiger partial charge on any atom is 0.261 e. The molecule has 0 unspecified atom stereocenters. The second-order valence-corrected chi connectivity index (χ2v) is 6.49. The number of benzene rings is 1. The van der Waals surface area contributed by atoms with Gasteiger partial charge in [-0.3, -0.25) is 4.79 Å². The zero-order chi connectivity index (χ0) is 16.2. The molecule has 1 aromatic heterocycles. The zero-order valence-corrected chi connectivity index (χ0v) is 14.3. The third-order valence-corrected chi connectivity index (χ3v) is 5.20. The Morgan fingerprint density at radius 1 is 1.26 bits per heavy atom. The second-order valence-electron chi connectivity index (χ2n) is 5.44. The molecule has 0 saturated heterocycles. The van der Waals surface area contributed by atoms with E-state index in [0.717, 1.165) is 23.5 Å². The first-order valence-electron chi connectivity index (χ1n) is 7.89. The maximum absolute atomic E-state index is 12.3. The van der Waals surface area contributed by atoms with Crippen molar-refractivity contribution in [2.75, 3.05) is 26.9 Å². The monoisotopic (exact) mass is 331 g/mol. The van der Waals surface area contributed by atoms with E-state index in [0.29, 0.717) is 19.8 Å². The lowest BCUT2D eigenvalue weighted by Gasteiger charge is -2.16. The van der Waals surface area contributed by atoms with Crippen LogP contribution in [-0.2, 0) is 17.6 Å². The molecule has 1 aliphatic carbocycles. The Labute approximate surface area is 140 Å². The predicted molar refractivity (Wildman–Crippen MR) is 92.5 cm³/mol. The summed E-state index contributed by atoms with van der Waals surface area (Å²) in [7, 11) is 1.68. The summed E-state index contributed by atoms with van der Waals surface area (Å²) in [6.07, 6.45) is 1.99. The Morgan fingerprint density at radius 3 is 2.87 bits per heavy atom. The Bertz CT molecular complexity index is 708. The fourth-order valence-corrected chi connectivity index (χ4v) is 3.98. The Morgan fingerprint density at radius 2 is 2.09 bits per heavy atom. The van der Waals surface area contributed by atoms with E-state index >= 15 is 0 Å². The van der Waals surface area contributed by atoms with Crippen LogP contribution in [0.15, 0.2) is 24.3 Å². The van der Waals surface area contributed by atoms with Crippen molar-refractivity contribution in [3.63, 3.8) is 0 Å². The van der Waals surface area contributed by atoms with Crippen molar-refractivity contribution in [2.45, 2.75) is 19.8 Å². The molecule has 0 spiro atoms. The lowest BCUT2D eigenvalue weighted by Crippen LogP contribution is -2.26. The number of methoxy groups -OCH3 is 1. The highest BCUT2D eigenvalue weighted by atomic mass is 32.1. The van der Waals surface area contributed by atoms with Gasteiger partial charge in [0.1, 0.15) is 5.75 Å². The van der Waals surface area contributed by atoms with Crippen LogP contribution in [0.25, 0.3) is 10.4 Å². The van der Waals surface area contributed by atoms with E-state index in [1.54, 1.807) is 18.4 Å². The lowest BCUT2D eigenvalue weighted by atomic mass is 9.91. The average molecular weight is 331 g/mol. The third kappa shape index (κ3) is 3.41. The van der Waals surface area contributed by atoms with Gasteiger partial charge in [-0.15, -0.1) is 11.3 Å². The van der Waals surface area contributed by atoms with E-state index in [1.807, 2.05) is 19.1 Å². The van der Waals surface area contributed by atoms with E-state index in [1.165, 1.54) is 21.6 Å². The van der Waals surface area contributed by atoms with Gasteiger partial charge >= 0.3 is 0 Å². The summed E-state index contributed by atoms with van der Waals surface area (Å²) in [4.78, 5) is 14.2. The fraction of sp³-hybridized carbons (Fsp3) is 0.389. The number of carbonyl (C=O) groups excluding carboxylic acids is 1. The van der Waals surface area contributed by atoms with Gasteiger partial charge in [0, 0.05) is 18.0 Å². The van der Waals surface area contributed by atoms with Crippen LogP contribution in [0.2, 0.25) is 0 Å². The van der Waals surface area contributed by atoms with Crippen molar-refractivity contribution in [3.8, 4) is 16.2 Å². The predicted octanol–water partition coefficient (Wildman–Crippen LogP) is 3.29. The van der Waals surface area contributed by atoms with Gasteiger partial charge in [0.05, 0.1) is 18.6 Å². The van der Waals surface area contributed by atoms with E-state index in [4.69, 9.17) is 9.47 Å². The van der Waals surface area contributed by atoms with Gasteiger partial charge in [-0.25, -0.2) is 0 Å². The second kappa shape index (κ2) is 7.15. The largest absolute Gasteiger partial charge is 0.497 e. The smallest absolute Gasteiger partial charge is 0.261 e. The number of fused-ring (bicyclic) bond motifs is 3. The first-order valence-corrected chi connectivity index (χ1v) is 8.70. The van der Waals surface area contributed by atoms with Crippen LogP contribution in [0.4, 0.5) is 0 Å². The van der Waals surface area contributed by atoms with Crippen LogP contribution in [0.1, 0.15) is 27.7 Å². The molecule has 0 radical (unpaired) electrons. The van der Waals surface area contributed by atoms with E-state index in [9.17, 15) is 4.79 Å². The van der Waals surface area contributed by atoms with E-state index in [-0.39, 0.29) is 5.91 Å². The average Bonchev–Trinajstić information content (AvgIpc) is 3.03. The van der Waals surface area contributed by atoms with Gasteiger partial charge in [-0.2, -0.15) is 0 Å². The molecular weight excluding hydrogens is 310 g/mol. The molecular formula is C18H21NO3S. The fourth-order valence-electron chi connectivity index (χ4n) is 2.80. The van der Waals surface area contributed by atoms with Crippen molar-refractivity contribution in [2.24, 2.45) is 0 Å². The molecule has 4 nitrogen and oxygen atoms in total. The number of nitrogens with one attached hydrogen (secondary N) is 1. The molecule has 3 rings (SSSR count). The van der Waals surface area contributed by atoms with Crippen LogP contribution in [0.5, 0.6) is 5.75 Å². The molecule has 0 fully saturated rings. The molecule has 2 aromatic rings. The summed E-state index contributed by atoms with van der Waals surface area (Å²) >= 11 is 1.56. The van der Waals surface area contributed by atoms with Crippen LogP contribution in [-0.4, -0.2) is 32.8 Å². The number of amides is 1. The van der Waals surface area contributed by atoms with Gasteiger partial charge in [0.2, 0.25) is 0 Å². The highest BCUT2D eigenvalue weighted by Crippen LogP contribution is 2.41. The zero-order valence-electron chi connectivity index (χ0n) is 13.5. The van der Waals surface area contributed by atoms with Gasteiger partial charge in [0.25, 0.3) is 5.91 Å². The minimum atomic E-state index is -0.0199. The molecule has 1 N–H and O–H groups in total. The standard InChI is InChI=1S/C18H21NO3S/c1-3-22-9-8-19-18(20)16-10-13-5-4-12-6-7-14(21-2)11-15(12)17(13)23-16/h6-7,10-11H,3-5,8-9H2,1-2H3,(H,19,20). The topological polar surface area (TPSA) is 47.6 Å². The first-order chi connectivity index (χ1) is 11.2. The lowest BCUT2D eigenvalue weighted by molar-refractivity contribution is 0.0926. The summed E-state index contributed by atoms with van der Waals surface area (Å²) in [6, 6.07) is 8.22. The molecule has 1 aromatic carbocycles. The molecule has 0 aliphatic heterocycles. The van der Waals surface area contributed by atoms with E-state index in [2.05, 4.69) is 17.4 Å². The van der Waals surface area contributed by atoms with Crippen molar-refractivity contribution < 1.29 is 14.3 Å². The molecule has 5 heteroatoms. The summed E-state index contributed by atoms with van der Waals surface area (Å²) in [5.74, 6) is 0.835. The SMILES string of the molecule is CCOCCNC(=O)c1cc2c(s1)-c1cc(OC)ccc1CC2. The van der Waals surface area contributed by atoms with Gasteiger partial charge in [-0.1, -0.05) is 6.07 Å². The molecule has 0 atom stereocenters. The molecule has 122 valence electrons. The Balaban J connectivity index is 1.80. The summed E-state index contributed by atoms with van der Waals surface area (Å²) < 4.78 is 10.6. The van der Waals surface area contributed by atoms with Crippen molar-refractivity contribution in [1.29, 1.82) is 0 Å². The van der Waals surface area contributed by atoms with Gasteiger partial charge < -0.3 is 14.8 Å². The van der Waals surface area contributed by atoms with E-state index < -0.39 is 0 Å². The minimum Gasteiger partial charge on any atom is -0.497 e. The third-order valence-electron chi connectivity index (χ3n) is 3.99. The number of ether oxygens (including phenoxy) is 2. The van der Waals surface area contributed by atoms with Crippen LogP contribution in [0.3, 0.4) is 0 Å². The Kier molecular flexibility index (Phi) is 4.98. The van der Waals surface area contributed by atoms with Crippen molar-refractivity contribution in [3.05, 3.63) is 40.3 Å². The number of hydrogen-bond donors (Lipinski definition) is 1. The first kappa shape index (κ1) is 16.0. The molecule has 1 heterocycles. The number of thiophene rings is 1. The molecule has 23 heavy (non-hydrogen) atoms. The minimum absolute atomic E-state index is 0.0199. The molecule has 0 bridgehead atoms. The van der Waals surface area contributed by atoms with Crippen molar-refractivity contribution >= 4 is 17.2 Å².